The molecule has 4 nitrogen and oxygen atoms in total. The van der Waals surface area contributed by atoms with Crippen molar-refractivity contribution >= 4 is 11.3 Å². The van der Waals surface area contributed by atoms with Crippen LogP contribution in [0.1, 0.15) is 16.7 Å². The summed E-state index contributed by atoms with van der Waals surface area (Å²) in [5.41, 5.74) is 3.07. The van der Waals surface area contributed by atoms with Crippen molar-refractivity contribution in [2.75, 3.05) is 32.7 Å². The Balaban J connectivity index is 1.67. The van der Waals surface area contributed by atoms with Gasteiger partial charge in [0.1, 0.15) is 0 Å². The average molecular weight is 280 g/mol. The topological polar surface area (TPSA) is 44.5 Å². The molecule has 4 rings (SSSR count). The second kappa shape index (κ2) is 5.89. The number of nitrogens with zero attached hydrogens (tertiary/aromatic N) is 2. The number of thiophene rings is 1. The summed E-state index contributed by atoms with van der Waals surface area (Å²) in [5.74, 6) is 5.83. The lowest BCUT2D eigenvalue weighted by molar-refractivity contribution is -0.00303. The predicted molar refractivity (Wildman–Crippen MR) is 80.3 cm³/mol. The molecule has 0 radical (unpaired) electrons. The smallest absolute Gasteiger partial charge is 0.0426 e. The van der Waals surface area contributed by atoms with Crippen LogP contribution in [-0.4, -0.2) is 54.6 Å². The molecule has 4 heterocycles. The van der Waals surface area contributed by atoms with E-state index in [0.717, 1.165) is 12.8 Å². The minimum atomic E-state index is 0.367. The van der Waals surface area contributed by atoms with Gasteiger partial charge < -0.3 is 0 Å². The van der Waals surface area contributed by atoms with Gasteiger partial charge in [-0.15, -0.1) is 11.3 Å². The van der Waals surface area contributed by atoms with E-state index in [4.69, 9.17) is 5.84 Å². The highest BCUT2D eigenvalue weighted by molar-refractivity contribution is 7.11. The van der Waals surface area contributed by atoms with Gasteiger partial charge in [-0.05, 0) is 18.6 Å². The van der Waals surface area contributed by atoms with Gasteiger partial charge in [-0.2, -0.15) is 0 Å². The van der Waals surface area contributed by atoms with Crippen molar-refractivity contribution in [2.45, 2.75) is 31.8 Å². The van der Waals surface area contributed by atoms with Gasteiger partial charge in [0, 0.05) is 61.0 Å². The Morgan fingerprint density at radius 2 is 2.05 bits per heavy atom. The van der Waals surface area contributed by atoms with Gasteiger partial charge in [-0.25, -0.2) is 0 Å². The first-order chi connectivity index (χ1) is 9.30. The lowest BCUT2D eigenvalue weighted by Gasteiger charge is -2.50. The van der Waals surface area contributed by atoms with Crippen molar-refractivity contribution in [1.82, 2.24) is 15.2 Å². The number of hydrazine groups is 1. The molecule has 19 heavy (non-hydrogen) atoms. The number of hydrogen-bond acceptors (Lipinski definition) is 5. The van der Waals surface area contributed by atoms with Gasteiger partial charge in [0.2, 0.25) is 0 Å². The van der Waals surface area contributed by atoms with E-state index in [9.17, 15) is 0 Å². The molecule has 3 fully saturated rings. The van der Waals surface area contributed by atoms with Crippen molar-refractivity contribution in [2.24, 2.45) is 5.84 Å². The summed E-state index contributed by atoms with van der Waals surface area (Å²) >= 11 is 1.93. The summed E-state index contributed by atoms with van der Waals surface area (Å²) in [6.45, 7) is 8.24. The number of piperazine rings is 3. The highest BCUT2D eigenvalue weighted by Gasteiger charge is 2.36. The molecule has 2 unspecified atom stereocenters. The van der Waals surface area contributed by atoms with Crippen LogP contribution in [0.25, 0.3) is 0 Å². The van der Waals surface area contributed by atoms with Gasteiger partial charge >= 0.3 is 0 Å². The van der Waals surface area contributed by atoms with Crippen molar-refractivity contribution in [3.63, 3.8) is 0 Å². The molecule has 0 aliphatic carbocycles. The lowest BCUT2D eigenvalue weighted by Crippen LogP contribution is -2.67. The maximum atomic E-state index is 5.83. The first kappa shape index (κ1) is 13.5. The van der Waals surface area contributed by atoms with Gasteiger partial charge in [0.05, 0.1) is 0 Å². The summed E-state index contributed by atoms with van der Waals surface area (Å²) in [4.78, 5) is 8.11. The molecule has 0 aromatic carbocycles. The summed E-state index contributed by atoms with van der Waals surface area (Å²) in [7, 11) is 0. The third-order valence-electron chi connectivity index (χ3n) is 4.49. The quantitative estimate of drug-likeness (QED) is 0.615. The minimum absolute atomic E-state index is 0.367. The lowest BCUT2D eigenvalue weighted by atomic mass is 9.97. The molecule has 1 aromatic rings. The van der Waals surface area contributed by atoms with Crippen LogP contribution in [0.4, 0.5) is 0 Å². The second-order valence-corrected chi connectivity index (χ2v) is 6.86. The Bertz CT molecular complexity index is 411. The van der Waals surface area contributed by atoms with E-state index in [1.807, 2.05) is 11.3 Å². The SMILES string of the molecule is CCc1ccc(CC(NN)C2CN3CCN2CC3)s1. The molecule has 2 atom stereocenters. The average Bonchev–Trinajstić information content (AvgIpc) is 2.93. The number of nitrogens with one attached hydrogen (secondary N) is 1. The molecule has 3 saturated heterocycles. The molecule has 0 amide bonds. The Morgan fingerprint density at radius 1 is 1.32 bits per heavy atom. The maximum absolute atomic E-state index is 5.83. The van der Waals surface area contributed by atoms with Crippen LogP contribution in [0, 0.1) is 0 Å². The molecule has 106 valence electrons. The molecule has 1 aromatic heterocycles. The third-order valence-corrected chi connectivity index (χ3v) is 5.74. The van der Waals surface area contributed by atoms with Crippen molar-refractivity contribution in [3.05, 3.63) is 21.9 Å². The van der Waals surface area contributed by atoms with E-state index in [-0.39, 0.29) is 0 Å². The van der Waals surface area contributed by atoms with Crippen LogP contribution in [0.2, 0.25) is 0 Å². The highest BCUT2D eigenvalue weighted by Crippen LogP contribution is 2.23. The first-order valence-corrected chi connectivity index (χ1v) is 8.12. The zero-order chi connectivity index (χ0) is 13.2. The molecule has 3 aliphatic rings. The first-order valence-electron chi connectivity index (χ1n) is 7.30. The molecule has 2 bridgehead atoms. The predicted octanol–water partition coefficient (Wildman–Crippen LogP) is 0.685. The van der Waals surface area contributed by atoms with Crippen LogP contribution in [0.15, 0.2) is 12.1 Å². The van der Waals surface area contributed by atoms with Crippen LogP contribution >= 0.6 is 11.3 Å². The van der Waals surface area contributed by atoms with Gasteiger partial charge in [0.15, 0.2) is 0 Å². The summed E-state index contributed by atoms with van der Waals surface area (Å²) in [5, 5.41) is 0. The van der Waals surface area contributed by atoms with E-state index in [1.165, 1.54) is 42.5 Å². The zero-order valence-corrected chi connectivity index (χ0v) is 12.5. The van der Waals surface area contributed by atoms with Crippen LogP contribution in [0.3, 0.4) is 0 Å². The molecule has 3 aliphatic heterocycles. The maximum Gasteiger partial charge on any atom is 0.0426 e. The monoisotopic (exact) mass is 280 g/mol. The summed E-state index contributed by atoms with van der Waals surface area (Å²) in [6, 6.07) is 5.46. The van der Waals surface area contributed by atoms with Gasteiger partial charge in [0.25, 0.3) is 0 Å². The molecule has 0 saturated carbocycles. The Hall–Kier alpha value is -0.460. The van der Waals surface area contributed by atoms with Gasteiger partial charge in [-0.3, -0.25) is 21.1 Å². The normalized spacial score (nSPS) is 31.6. The largest absolute Gasteiger partial charge is 0.299 e. The van der Waals surface area contributed by atoms with Crippen LogP contribution in [0.5, 0.6) is 0 Å². The molecule has 5 heteroatoms. The molecule has 0 spiro atoms. The highest BCUT2D eigenvalue weighted by atomic mass is 32.1. The van der Waals surface area contributed by atoms with Gasteiger partial charge in [-0.1, -0.05) is 6.92 Å². The minimum Gasteiger partial charge on any atom is -0.299 e. The van der Waals surface area contributed by atoms with E-state index < -0.39 is 0 Å². The van der Waals surface area contributed by atoms with Crippen LogP contribution in [-0.2, 0) is 12.8 Å². The summed E-state index contributed by atoms with van der Waals surface area (Å²) in [6.07, 6.45) is 2.19. The van der Waals surface area contributed by atoms with E-state index in [1.54, 1.807) is 0 Å². The second-order valence-electron chi connectivity index (χ2n) is 5.60. The fraction of sp³-hybridized carbons (Fsp3) is 0.714. The summed E-state index contributed by atoms with van der Waals surface area (Å²) < 4.78 is 0. The standard InChI is InChI=1S/C14H24N4S/c1-2-11-3-4-12(19-11)9-13(16-15)14-10-17-5-7-18(14)8-6-17/h3-4,13-14,16H,2,5-10,15H2,1H3. The van der Waals surface area contributed by atoms with Crippen LogP contribution < -0.4 is 11.3 Å². The van der Waals surface area contributed by atoms with E-state index in [0.29, 0.717) is 12.1 Å². The number of hydrogen-bond donors (Lipinski definition) is 2. The van der Waals surface area contributed by atoms with E-state index >= 15 is 0 Å². The van der Waals surface area contributed by atoms with Crippen molar-refractivity contribution in [3.8, 4) is 0 Å². The Kier molecular flexibility index (Phi) is 4.19. The number of fused-ring (bicyclic) bond motifs is 3. The van der Waals surface area contributed by atoms with Crippen molar-refractivity contribution in [1.29, 1.82) is 0 Å². The Morgan fingerprint density at radius 3 is 2.58 bits per heavy atom. The number of nitrogens with two attached hydrogens (primary N) is 1. The zero-order valence-electron chi connectivity index (χ0n) is 11.6. The van der Waals surface area contributed by atoms with Crippen molar-refractivity contribution < 1.29 is 0 Å². The molecular weight excluding hydrogens is 256 g/mol. The number of rotatable bonds is 5. The third kappa shape index (κ3) is 2.85. The van der Waals surface area contributed by atoms with E-state index in [2.05, 4.69) is 34.3 Å². The fourth-order valence-electron chi connectivity index (χ4n) is 3.28. The molecular formula is C14H24N4S. The fourth-order valence-corrected chi connectivity index (χ4v) is 4.30. The Labute approximate surface area is 119 Å². The molecule has 3 N–H and O–H groups in total. The number of aryl methyl sites for hydroxylation is 1.